The Labute approximate surface area is 68.0 Å². The molecular weight excluding hydrogens is 162 g/mol. The van der Waals surface area contributed by atoms with Gasteiger partial charge in [0.15, 0.2) is 0 Å². The summed E-state index contributed by atoms with van der Waals surface area (Å²) in [5, 5.41) is 12.1. The van der Waals surface area contributed by atoms with Crippen molar-refractivity contribution in [2.75, 3.05) is 0 Å². The van der Waals surface area contributed by atoms with Crippen molar-refractivity contribution in [3.63, 3.8) is 0 Å². The Hall–Kier alpha value is -1.17. The molecule has 0 bridgehead atoms. The second-order valence-electron chi connectivity index (χ2n) is 2.18. The lowest BCUT2D eigenvalue weighted by atomic mass is 10.7. The zero-order chi connectivity index (χ0) is 7.84. The molecule has 0 saturated carbocycles. The summed E-state index contributed by atoms with van der Waals surface area (Å²) < 4.78 is 0. The lowest BCUT2D eigenvalue weighted by molar-refractivity contribution is 0.461. The van der Waals surface area contributed by atoms with Crippen LogP contribution in [0.5, 0.6) is 0 Å². The van der Waals surface area contributed by atoms with Crippen molar-refractivity contribution < 1.29 is 0 Å². The van der Waals surface area contributed by atoms with Crippen molar-refractivity contribution in [3.8, 4) is 0 Å². The maximum Gasteiger partial charge on any atom is 0.214 e. The van der Waals surface area contributed by atoms with E-state index in [0.29, 0.717) is 5.82 Å². The Morgan fingerprint density at radius 3 is 3.27 bits per heavy atom. The van der Waals surface area contributed by atoms with E-state index in [-0.39, 0.29) is 0 Å². The van der Waals surface area contributed by atoms with Gasteiger partial charge in [-0.15, -0.1) is 10.2 Å². The zero-order valence-electron chi connectivity index (χ0n) is 5.90. The van der Waals surface area contributed by atoms with Crippen LogP contribution in [0.15, 0.2) is 21.4 Å². The minimum absolute atomic E-state index is 0.656. The van der Waals surface area contributed by atoms with Crippen LogP contribution in [0.1, 0.15) is 6.92 Å². The summed E-state index contributed by atoms with van der Waals surface area (Å²) in [6, 6.07) is 0. The summed E-state index contributed by atoms with van der Waals surface area (Å²) in [7, 11) is 0. The van der Waals surface area contributed by atoms with E-state index in [1.54, 1.807) is 5.01 Å². The van der Waals surface area contributed by atoms with Crippen LogP contribution < -0.4 is 11.2 Å². The van der Waals surface area contributed by atoms with E-state index in [9.17, 15) is 0 Å². The van der Waals surface area contributed by atoms with E-state index in [0.717, 1.165) is 11.0 Å². The van der Waals surface area contributed by atoms with E-state index in [2.05, 4.69) is 15.6 Å². The standard InChI is InChI=1S/C5H7N5S/c1-3-7-8-5-10(9-3)4(6)2-11-5/h2H,6H2,1H3,(H,7,9). The number of thioether (sulfide) groups is 1. The SMILES string of the molecule is CC1=NN=C2SC=C(N)N2N1. The minimum atomic E-state index is 0.656. The van der Waals surface area contributed by atoms with Crippen LogP contribution in [0.3, 0.4) is 0 Å². The van der Waals surface area contributed by atoms with Crippen LogP contribution in [0, 0.1) is 0 Å². The molecular formula is C5H7N5S. The Morgan fingerprint density at radius 1 is 1.64 bits per heavy atom. The summed E-state index contributed by atoms with van der Waals surface area (Å²) in [6.07, 6.45) is 0. The topological polar surface area (TPSA) is 66.0 Å². The molecule has 58 valence electrons. The molecule has 0 fully saturated rings. The van der Waals surface area contributed by atoms with Gasteiger partial charge in [0.1, 0.15) is 11.7 Å². The molecule has 0 spiro atoms. The fourth-order valence-electron chi connectivity index (χ4n) is 0.812. The number of rotatable bonds is 0. The van der Waals surface area contributed by atoms with Crippen molar-refractivity contribution in [2.24, 2.45) is 15.9 Å². The molecule has 2 aliphatic heterocycles. The fourth-order valence-corrected chi connectivity index (χ4v) is 1.49. The lowest BCUT2D eigenvalue weighted by Gasteiger charge is -2.22. The minimum Gasteiger partial charge on any atom is -0.383 e. The molecule has 6 heteroatoms. The van der Waals surface area contributed by atoms with E-state index in [1.807, 2.05) is 12.3 Å². The Morgan fingerprint density at radius 2 is 2.45 bits per heavy atom. The molecule has 0 atom stereocenters. The number of hydrazine groups is 1. The molecule has 5 nitrogen and oxygen atoms in total. The number of hydrogen-bond donors (Lipinski definition) is 2. The van der Waals surface area contributed by atoms with Crippen LogP contribution in [0.25, 0.3) is 0 Å². The van der Waals surface area contributed by atoms with Gasteiger partial charge in [0, 0.05) is 5.41 Å². The van der Waals surface area contributed by atoms with Crippen LogP contribution in [0.2, 0.25) is 0 Å². The van der Waals surface area contributed by atoms with Gasteiger partial charge < -0.3 is 5.73 Å². The molecule has 0 unspecified atom stereocenters. The first-order chi connectivity index (χ1) is 5.27. The van der Waals surface area contributed by atoms with Crippen molar-refractivity contribution in [1.82, 2.24) is 10.4 Å². The highest BCUT2D eigenvalue weighted by Gasteiger charge is 2.23. The van der Waals surface area contributed by atoms with Gasteiger partial charge in [0.25, 0.3) is 0 Å². The maximum atomic E-state index is 5.62. The highest BCUT2D eigenvalue weighted by molar-refractivity contribution is 8.16. The maximum absolute atomic E-state index is 5.62. The van der Waals surface area contributed by atoms with Gasteiger partial charge in [-0.2, -0.15) is 0 Å². The molecule has 0 saturated heterocycles. The average molecular weight is 169 g/mol. The molecule has 0 radical (unpaired) electrons. The van der Waals surface area contributed by atoms with Gasteiger partial charge in [0.2, 0.25) is 5.17 Å². The molecule has 0 aromatic carbocycles. The second-order valence-corrected chi connectivity index (χ2v) is 3.01. The van der Waals surface area contributed by atoms with Crippen molar-refractivity contribution in [1.29, 1.82) is 0 Å². The van der Waals surface area contributed by atoms with Gasteiger partial charge in [-0.3, -0.25) is 5.43 Å². The number of nitrogens with one attached hydrogen (secondary N) is 1. The molecule has 0 aromatic rings. The summed E-state index contributed by atoms with van der Waals surface area (Å²) in [5.74, 6) is 1.40. The van der Waals surface area contributed by atoms with Gasteiger partial charge in [0.05, 0.1) is 0 Å². The first-order valence-corrected chi connectivity index (χ1v) is 3.96. The molecule has 11 heavy (non-hydrogen) atoms. The molecule has 0 aliphatic carbocycles. The van der Waals surface area contributed by atoms with Crippen molar-refractivity contribution in [2.45, 2.75) is 6.92 Å². The molecule has 3 N–H and O–H groups in total. The zero-order valence-corrected chi connectivity index (χ0v) is 6.72. The largest absolute Gasteiger partial charge is 0.383 e. The highest BCUT2D eigenvalue weighted by atomic mass is 32.2. The normalized spacial score (nSPS) is 21.5. The Balaban J connectivity index is 2.30. The van der Waals surface area contributed by atoms with Crippen LogP contribution in [-0.4, -0.2) is 16.0 Å². The smallest absolute Gasteiger partial charge is 0.214 e. The first-order valence-electron chi connectivity index (χ1n) is 3.09. The fraction of sp³-hybridized carbons (Fsp3) is 0.200. The number of hydrogen-bond acceptors (Lipinski definition) is 6. The second kappa shape index (κ2) is 2.16. The van der Waals surface area contributed by atoms with Crippen LogP contribution >= 0.6 is 11.8 Å². The summed E-state index contributed by atoms with van der Waals surface area (Å²) in [6.45, 7) is 1.83. The van der Waals surface area contributed by atoms with Crippen LogP contribution in [-0.2, 0) is 0 Å². The van der Waals surface area contributed by atoms with Gasteiger partial charge in [-0.25, -0.2) is 5.01 Å². The van der Waals surface area contributed by atoms with Crippen LogP contribution in [0.4, 0.5) is 0 Å². The van der Waals surface area contributed by atoms with Gasteiger partial charge in [-0.1, -0.05) is 11.8 Å². The summed E-state index contributed by atoms with van der Waals surface area (Å²) >= 11 is 1.46. The van der Waals surface area contributed by atoms with E-state index in [4.69, 9.17) is 5.73 Å². The molecule has 2 aliphatic rings. The quantitative estimate of drug-likeness (QED) is 0.535. The molecule has 2 rings (SSSR count). The van der Waals surface area contributed by atoms with E-state index in [1.165, 1.54) is 11.8 Å². The predicted octanol–water partition coefficient (Wildman–Crippen LogP) is 0.000400. The number of nitrogens with two attached hydrogens (primary N) is 1. The third kappa shape index (κ3) is 0.949. The summed E-state index contributed by atoms with van der Waals surface area (Å²) in [4.78, 5) is 0. The van der Waals surface area contributed by atoms with Crippen molar-refractivity contribution >= 4 is 22.8 Å². The Bertz CT molecular complexity index is 279. The first kappa shape index (κ1) is 6.53. The third-order valence-electron chi connectivity index (χ3n) is 1.29. The number of nitrogens with zero attached hydrogens (tertiary/aromatic N) is 3. The average Bonchev–Trinajstić information content (AvgIpc) is 2.33. The van der Waals surface area contributed by atoms with Gasteiger partial charge in [-0.05, 0) is 6.92 Å². The molecule has 0 aromatic heterocycles. The molecule has 2 heterocycles. The number of amidine groups is 2. The summed E-state index contributed by atoms with van der Waals surface area (Å²) in [5.41, 5.74) is 8.59. The molecule has 0 amide bonds. The number of fused-ring (bicyclic) bond motifs is 1. The monoisotopic (exact) mass is 169 g/mol. The van der Waals surface area contributed by atoms with E-state index >= 15 is 0 Å². The predicted molar refractivity (Wildman–Crippen MR) is 45.4 cm³/mol. The Kier molecular flexibility index (Phi) is 1.28. The van der Waals surface area contributed by atoms with E-state index < -0.39 is 0 Å². The lowest BCUT2D eigenvalue weighted by Crippen LogP contribution is -2.45. The highest BCUT2D eigenvalue weighted by Crippen LogP contribution is 2.22. The van der Waals surface area contributed by atoms with Crippen molar-refractivity contribution in [3.05, 3.63) is 11.2 Å². The van der Waals surface area contributed by atoms with Gasteiger partial charge >= 0.3 is 0 Å². The third-order valence-corrected chi connectivity index (χ3v) is 2.13.